The van der Waals surface area contributed by atoms with Gasteiger partial charge in [-0.25, -0.2) is 0 Å². The summed E-state index contributed by atoms with van der Waals surface area (Å²) in [6.45, 7) is 12.7. The van der Waals surface area contributed by atoms with E-state index in [9.17, 15) is 0 Å². The van der Waals surface area contributed by atoms with Gasteiger partial charge in [0.1, 0.15) is 0 Å². The molecule has 0 amide bonds. The molecular weight excluding hydrogens is 206 g/mol. The highest BCUT2D eigenvalue weighted by Crippen LogP contribution is 2.21. The van der Waals surface area contributed by atoms with Gasteiger partial charge in [-0.3, -0.25) is 0 Å². The van der Waals surface area contributed by atoms with Crippen molar-refractivity contribution in [2.45, 2.75) is 40.0 Å². The minimum atomic E-state index is 1.17. The summed E-state index contributed by atoms with van der Waals surface area (Å²) in [5.74, 6) is 0. The monoisotopic (exact) mass is 231 g/mol. The van der Waals surface area contributed by atoms with Crippen molar-refractivity contribution >= 4 is 5.70 Å². The Morgan fingerprint density at radius 1 is 1.00 bits per heavy atom. The zero-order valence-electron chi connectivity index (χ0n) is 11.5. The molecule has 1 aliphatic rings. The van der Waals surface area contributed by atoms with Crippen molar-refractivity contribution in [3.05, 3.63) is 42.0 Å². The van der Waals surface area contributed by atoms with Gasteiger partial charge in [-0.05, 0) is 31.7 Å². The van der Waals surface area contributed by atoms with Crippen molar-refractivity contribution in [1.29, 1.82) is 0 Å². The van der Waals surface area contributed by atoms with Gasteiger partial charge in [0.2, 0.25) is 0 Å². The van der Waals surface area contributed by atoms with Gasteiger partial charge in [0.25, 0.3) is 0 Å². The van der Waals surface area contributed by atoms with E-state index in [4.69, 9.17) is 0 Å². The molecule has 0 radical (unpaired) electrons. The van der Waals surface area contributed by atoms with Gasteiger partial charge >= 0.3 is 0 Å². The van der Waals surface area contributed by atoms with Crippen molar-refractivity contribution in [3.8, 4) is 0 Å². The Morgan fingerprint density at radius 3 is 2.06 bits per heavy atom. The summed E-state index contributed by atoms with van der Waals surface area (Å²) in [6.07, 6.45) is 3.99. The molecule has 0 unspecified atom stereocenters. The largest absolute Gasteiger partial charge is 0.372 e. The number of benzene rings is 1. The molecule has 0 saturated carbocycles. The van der Waals surface area contributed by atoms with E-state index < -0.39 is 0 Å². The van der Waals surface area contributed by atoms with Crippen molar-refractivity contribution in [2.24, 2.45) is 0 Å². The minimum absolute atomic E-state index is 1.17. The van der Waals surface area contributed by atoms with Crippen LogP contribution in [-0.4, -0.2) is 18.0 Å². The molecule has 0 aromatic heterocycles. The molecule has 1 aromatic rings. The topological polar surface area (TPSA) is 3.24 Å². The fourth-order valence-electron chi connectivity index (χ4n) is 2.09. The molecule has 94 valence electrons. The maximum Gasteiger partial charge on any atom is 0.0366 e. The van der Waals surface area contributed by atoms with E-state index >= 15 is 0 Å². The fraction of sp³-hybridized carbons (Fsp3) is 0.500. The molecule has 0 atom stereocenters. The number of likely N-dealkylation sites (tertiary alicyclic amines) is 1. The highest BCUT2D eigenvalue weighted by Gasteiger charge is 2.12. The number of hydrogen-bond acceptors (Lipinski definition) is 1. The van der Waals surface area contributed by atoms with Crippen LogP contribution in [-0.2, 0) is 0 Å². The first-order valence-corrected chi connectivity index (χ1v) is 6.78. The summed E-state index contributed by atoms with van der Waals surface area (Å²) >= 11 is 0. The van der Waals surface area contributed by atoms with Crippen LogP contribution in [0.4, 0.5) is 0 Å². The molecule has 0 aliphatic carbocycles. The first-order valence-electron chi connectivity index (χ1n) is 6.78. The Morgan fingerprint density at radius 2 is 1.53 bits per heavy atom. The predicted molar refractivity (Wildman–Crippen MR) is 77.0 cm³/mol. The number of aryl methyl sites for hydroxylation is 1. The lowest BCUT2D eigenvalue weighted by Crippen LogP contribution is -2.27. The molecule has 0 spiro atoms. The number of nitrogens with zero attached hydrogens (tertiary/aromatic N) is 1. The Kier molecular flexibility index (Phi) is 5.82. The fourth-order valence-corrected chi connectivity index (χ4v) is 2.09. The second kappa shape index (κ2) is 7.16. The smallest absolute Gasteiger partial charge is 0.0366 e. The molecule has 1 saturated heterocycles. The van der Waals surface area contributed by atoms with Gasteiger partial charge in [0.15, 0.2) is 0 Å². The molecule has 1 fully saturated rings. The number of piperidine rings is 1. The van der Waals surface area contributed by atoms with Crippen LogP contribution in [0.1, 0.15) is 44.2 Å². The number of rotatable bonds is 2. The second-order valence-corrected chi connectivity index (χ2v) is 4.36. The summed E-state index contributed by atoms with van der Waals surface area (Å²) in [7, 11) is 0. The van der Waals surface area contributed by atoms with Gasteiger partial charge in [0.05, 0.1) is 0 Å². The first kappa shape index (κ1) is 13.8. The molecular formula is C16H25N. The zero-order chi connectivity index (χ0) is 12.7. The maximum atomic E-state index is 4.20. The highest BCUT2D eigenvalue weighted by atomic mass is 15.1. The molecule has 1 aliphatic heterocycles. The molecule has 0 N–H and O–H groups in total. The summed E-state index contributed by atoms with van der Waals surface area (Å²) in [5, 5.41) is 0. The molecule has 1 aromatic carbocycles. The van der Waals surface area contributed by atoms with Crippen molar-refractivity contribution in [3.63, 3.8) is 0 Å². The van der Waals surface area contributed by atoms with Crippen molar-refractivity contribution < 1.29 is 0 Å². The van der Waals surface area contributed by atoms with Gasteiger partial charge in [0, 0.05) is 18.8 Å². The predicted octanol–water partition coefficient (Wildman–Crippen LogP) is 4.48. The van der Waals surface area contributed by atoms with Gasteiger partial charge in [-0.15, -0.1) is 0 Å². The molecule has 17 heavy (non-hydrogen) atoms. The summed E-state index contributed by atoms with van der Waals surface area (Å²) in [6, 6.07) is 8.66. The quantitative estimate of drug-likeness (QED) is 0.725. The van der Waals surface area contributed by atoms with E-state index in [1.54, 1.807) is 0 Å². The van der Waals surface area contributed by atoms with Crippen LogP contribution in [0.5, 0.6) is 0 Å². The van der Waals surface area contributed by atoms with E-state index in [0.29, 0.717) is 0 Å². The van der Waals surface area contributed by atoms with Gasteiger partial charge < -0.3 is 4.90 Å². The third kappa shape index (κ3) is 3.92. The highest BCUT2D eigenvalue weighted by molar-refractivity contribution is 5.62. The lowest BCUT2D eigenvalue weighted by Gasteiger charge is -2.30. The standard InChI is InChI=1S/C14H19N.C2H6/c1-12-6-8-14(9-7-12)13(2)15-10-4-3-5-11-15;1-2/h6-9H,2-5,10-11H2,1H3;1-2H3. The summed E-state index contributed by atoms with van der Waals surface area (Å²) in [5.41, 5.74) is 3.77. The van der Waals surface area contributed by atoms with Crippen LogP contribution in [0.2, 0.25) is 0 Å². The van der Waals surface area contributed by atoms with E-state index in [-0.39, 0.29) is 0 Å². The van der Waals surface area contributed by atoms with Crippen LogP contribution in [0.3, 0.4) is 0 Å². The lowest BCUT2D eigenvalue weighted by atomic mass is 10.1. The average Bonchev–Trinajstić information content (AvgIpc) is 2.42. The Labute approximate surface area is 106 Å². The van der Waals surface area contributed by atoms with Crippen molar-refractivity contribution in [1.82, 2.24) is 4.90 Å². The molecule has 2 rings (SSSR count). The van der Waals surface area contributed by atoms with Crippen LogP contribution in [0, 0.1) is 6.92 Å². The minimum Gasteiger partial charge on any atom is -0.372 e. The van der Waals surface area contributed by atoms with Gasteiger partial charge in [-0.1, -0.05) is 50.3 Å². The van der Waals surface area contributed by atoms with E-state index in [2.05, 4.69) is 42.7 Å². The average molecular weight is 231 g/mol. The number of hydrogen-bond donors (Lipinski definition) is 0. The Balaban J connectivity index is 0.000000686. The Hall–Kier alpha value is -1.24. The summed E-state index contributed by atoms with van der Waals surface area (Å²) < 4.78 is 0. The normalized spacial score (nSPS) is 14.9. The summed E-state index contributed by atoms with van der Waals surface area (Å²) in [4.78, 5) is 2.41. The molecule has 1 nitrogen and oxygen atoms in total. The molecule has 0 bridgehead atoms. The van der Waals surface area contributed by atoms with Crippen LogP contribution in [0.25, 0.3) is 5.70 Å². The third-order valence-electron chi connectivity index (χ3n) is 3.12. The van der Waals surface area contributed by atoms with Crippen LogP contribution in [0.15, 0.2) is 30.8 Å². The SMILES string of the molecule is C=C(c1ccc(C)cc1)N1CCCCC1.CC. The van der Waals surface area contributed by atoms with Crippen molar-refractivity contribution in [2.75, 3.05) is 13.1 Å². The van der Waals surface area contributed by atoms with E-state index in [0.717, 1.165) is 0 Å². The van der Waals surface area contributed by atoms with E-state index in [1.807, 2.05) is 13.8 Å². The van der Waals surface area contributed by atoms with Crippen LogP contribution >= 0.6 is 0 Å². The second-order valence-electron chi connectivity index (χ2n) is 4.36. The van der Waals surface area contributed by atoms with Gasteiger partial charge in [-0.2, -0.15) is 0 Å². The van der Waals surface area contributed by atoms with E-state index in [1.165, 1.54) is 49.2 Å². The molecule has 1 heteroatoms. The third-order valence-corrected chi connectivity index (χ3v) is 3.12. The molecule has 1 heterocycles. The Bertz CT molecular complexity index is 331. The first-order chi connectivity index (χ1) is 8.27. The lowest BCUT2D eigenvalue weighted by molar-refractivity contribution is 0.326. The van der Waals surface area contributed by atoms with Crippen LogP contribution < -0.4 is 0 Å². The zero-order valence-corrected chi connectivity index (χ0v) is 11.5. The maximum absolute atomic E-state index is 4.20.